The second kappa shape index (κ2) is 13.4. The Hall–Kier alpha value is -1.89. The maximum Gasteiger partial charge on any atom is 0.242 e. The van der Waals surface area contributed by atoms with E-state index in [0.717, 1.165) is 11.1 Å². The molecule has 9 heteroatoms. The van der Waals surface area contributed by atoms with E-state index < -0.39 is 6.04 Å². The van der Waals surface area contributed by atoms with Gasteiger partial charge in [0.2, 0.25) is 11.8 Å². The lowest BCUT2D eigenvalue weighted by Crippen LogP contribution is -2.50. The normalized spacial score (nSPS) is 11.7. The van der Waals surface area contributed by atoms with Gasteiger partial charge in [-0.3, -0.25) is 9.59 Å². The Bertz CT molecular complexity index is 1160. The third-order valence-electron chi connectivity index (χ3n) is 5.41. The average Bonchev–Trinajstić information content (AvgIpc) is 2.84. The number of benzene rings is 3. The van der Waals surface area contributed by atoms with Crippen molar-refractivity contribution in [3.8, 4) is 0 Å². The van der Waals surface area contributed by atoms with Crippen molar-refractivity contribution in [1.82, 2.24) is 10.2 Å². The van der Waals surface area contributed by atoms with Gasteiger partial charge in [-0.05, 0) is 41.0 Å². The van der Waals surface area contributed by atoms with Gasteiger partial charge >= 0.3 is 0 Å². The van der Waals surface area contributed by atoms with Crippen LogP contribution in [0.3, 0.4) is 0 Å². The third kappa shape index (κ3) is 7.80. The van der Waals surface area contributed by atoms with Crippen molar-refractivity contribution in [2.45, 2.75) is 24.8 Å². The van der Waals surface area contributed by atoms with Crippen LogP contribution in [0.1, 0.15) is 16.7 Å². The van der Waals surface area contributed by atoms with Gasteiger partial charge in [-0.1, -0.05) is 88.9 Å². The number of likely N-dealkylation sites (N-methyl/N-ethyl adjacent to an activating group) is 1. The van der Waals surface area contributed by atoms with Gasteiger partial charge in [-0.15, -0.1) is 11.8 Å². The number of nitrogens with zero attached hydrogens (tertiary/aromatic N) is 1. The molecule has 0 bridgehead atoms. The second-order valence-corrected chi connectivity index (χ2v) is 10.4. The predicted molar refractivity (Wildman–Crippen MR) is 148 cm³/mol. The summed E-state index contributed by atoms with van der Waals surface area (Å²) in [6.07, 6.45) is 0.360. The van der Waals surface area contributed by atoms with Crippen LogP contribution in [-0.4, -0.2) is 35.6 Å². The standard InChI is InChI=1S/C26H24Cl4N2O2S/c1-31-26(34)24(12-17-6-3-2-4-7-17)32(14-18-10-11-19(27)13-23(18)30)25(33)16-35-15-20-21(28)8-5-9-22(20)29/h2-11,13,24H,12,14-16H2,1H3,(H,31,34)/t24-/m1/s1. The number of carbonyl (C=O) groups is 2. The Morgan fingerprint density at radius 1 is 0.914 bits per heavy atom. The van der Waals surface area contributed by atoms with E-state index in [9.17, 15) is 9.59 Å². The van der Waals surface area contributed by atoms with Gasteiger partial charge < -0.3 is 10.2 Å². The van der Waals surface area contributed by atoms with Crippen LogP contribution >= 0.6 is 58.2 Å². The summed E-state index contributed by atoms with van der Waals surface area (Å²) < 4.78 is 0. The van der Waals surface area contributed by atoms with Gasteiger partial charge in [0.15, 0.2) is 0 Å². The molecule has 0 heterocycles. The molecule has 1 atom stereocenters. The Balaban J connectivity index is 1.86. The molecule has 0 aliphatic heterocycles. The maximum atomic E-state index is 13.5. The number of rotatable bonds is 10. The molecule has 0 fully saturated rings. The SMILES string of the molecule is CNC(=O)[C@@H](Cc1ccccc1)N(Cc1ccc(Cl)cc1Cl)C(=O)CSCc1c(Cl)cccc1Cl. The fourth-order valence-electron chi connectivity index (χ4n) is 3.55. The molecule has 2 amide bonds. The van der Waals surface area contributed by atoms with Crippen LogP contribution in [0.2, 0.25) is 20.1 Å². The first-order valence-electron chi connectivity index (χ1n) is 10.8. The molecule has 0 radical (unpaired) electrons. The van der Waals surface area contributed by atoms with Gasteiger partial charge in [-0.25, -0.2) is 0 Å². The largest absolute Gasteiger partial charge is 0.357 e. The summed E-state index contributed by atoms with van der Waals surface area (Å²) in [5.74, 6) is 0.137. The lowest BCUT2D eigenvalue weighted by molar-refractivity contribution is -0.139. The fourth-order valence-corrected chi connectivity index (χ4v) is 5.66. The molecule has 4 nitrogen and oxygen atoms in total. The highest BCUT2D eigenvalue weighted by Gasteiger charge is 2.30. The van der Waals surface area contributed by atoms with Crippen molar-refractivity contribution in [3.05, 3.63) is 104 Å². The van der Waals surface area contributed by atoms with E-state index in [2.05, 4.69) is 5.32 Å². The summed E-state index contributed by atoms with van der Waals surface area (Å²) in [6.45, 7) is 0.160. The Labute approximate surface area is 229 Å². The van der Waals surface area contributed by atoms with Crippen molar-refractivity contribution in [2.75, 3.05) is 12.8 Å². The first-order chi connectivity index (χ1) is 16.8. The van der Waals surface area contributed by atoms with Crippen molar-refractivity contribution < 1.29 is 9.59 Å². The molecular weight excluding hydrogens is 546 g/mol. The second-order valence-electron chi connectivity index (χ2n) is 7.77. The van der Waals surface area contributed by atoms with Crippen LogP contribution in [0.25, 0.3) is 0 Å². The molecule has 3 aromatic rings. The lowest BCUT2D eigenvalue weighted by atomic mass is 10.0. The molecule has 1 N–H and O–H groups in total. The third-order valence-corrected chi connectivity index (χ3v) is 7.65. The zero-order chi connectivity index (χ0) is 25.4. The van der Waals surface area contributed by atoms with Crippen molar-refractivity contribution in [1.29, 1.82) is 0 Å². The summed E-state index contributed by atoms with van der Waals surface area (Å²) in [5.41, 5.74) is 2.41. The number of halogens is 4. The summed E-state index contributed by atoms with van der Waals surface area (Å²) in [5, 5.41) is 4.73. The number of nitrogens with one attached hydrogen (secondary N) is 1. The van der Waals surface area contributed by atoms with E-state index >= 15 is 0 Å². The van der Waals surface area contributed by atoms with E-state index in [1.807, 2.05) is 30.3 Å². The lowest BCUT2D eigenvalue weighted by Gasteiger charge is -2.31. The smallest absolute Gasteiger partial charge is 0.242 e. The first-order valence-corrected chi connectivity index (χ1v) is 13.5. The molecule has 35 heavy (non-hydrogen) atoms. The highest BCUT2D eigenvalue weighted by Crippen LogP contribution is 2.29. The van der Waals surface area contributed by atoms with E-state index in [0.29, 0.717) is 37.8 Å². The van der Waals surface area contributed by atoms with Crippen molar-refractivity contribution in [3.63, 3.8) is 0 Å². The average molecular weight is 570 g/mol. The highest BCUT2D eigenvalue weighted by atomic mass is 35.5. The van der Waals surface area contributed by atoms with E-state index in [4.69, 9.17) is 46.4 Å². The minimum absolute atomic E-state index is 0.134. The highest BCUT2D eigenvalue weighted by molar-refractivity contribution is 7.99. The van der Waals surface area contributed by atoms with Gasteiger partial charge in [0, 0.05) is 45.9 Å². The zero-order valence-corrected chi connectivity index (χ0v) is 22.8. The molecule has 0 aromatic heterocycles. The zero-order valence-electron chi connectivity index (χ0n) is 18.9. The van der Waals surface area contributed by atoms with Crippen LogP contribution in [0.15, 0.2) is 66.7 Å². The maximum absolute atomic E-state index is 13.5. The van der Waals surface area contributed by atoms with E-state index in [1.165, 1.54) is 11.8 Å². The summed E-state index contributed by atoms with van der Waals surface area (Å²) in [4.78, 5) is 28.1. The Morgan fingerprint density at radius 3 is 2.23 bits per heavy atom. The summed E-state index contributed by atoms with van der Waals surface area (Å²) in [6, 6.07) is 19.3. The monoisotopic (exact) mass is 568 g/mol. The van der Waals surface area contributed by atoms with Crippen LogP contribution in [0.5, 0.6) is 0 Å². The minimum atomic E-state index is -0.730. The van der Waals surface area contributed by atoms with Crippen molar-refractivity contribution >= 4 is 70.0 Å². The van der Waals surface area contributed by atoms with Gasteiger partial charge in [0.05, 0.1) is 5.75 Å². The van der Waals surface area contributed by atoms with Crippen LogP contribution < -0.4 is 5.32 Å². The number of thioether (sulfide) groups is 1. The molecule has 184 valence electrons. The summed E-state index contributed by atoms with van der Waals surface area (Å²) >= 11 is 26.4. The van der Waals surface area contributed by atoms with Gasteiger partial charge in [0.1, 0.15) is 6.04 Å². The van der Waals surface area contributed by atoms with Crippen LogP contribution in [-0.2, 0) is 28.3 Å². The van der Waals surface area contributed by atoms with Crippen LogP contribution in [0.4, 0.5) is 0 Å². The van der Waals surface area contributed by atoms with Gasteiger partial charge in [0.25, 0.3) is 0 Å². The van der Waals surface area contributed by atoms with Crippen LogP contribution in [0, 0.1) is 0 Å². The number of carbonyl (C=O) groups excluding carboxylic acids is 2. The molecule has 0 spiro atoms. The topological polar surface area (TPSA) is 49.4 Å². The molecule has 0 saturated heterocycles. The Kier molecular flexibility index (Phi) is 10.6. The number of hydrogen-bond donors (Lipinski definition) is 1. The molecule has 0 saturated carbocycles. The molecule has 0 unspecified atom stereocenters. The fraction of sp³-hybridized carbons (Fsp3) is 0.231. The number of hydrogen-bond acceptors (Lipinski definition) is 3. The number of amides is 2. The quantitative estimate of drug-likeness (QED) is 0.288. The summed E-state index contributed by atoms with van der Waals surface area (Å²) in [7, 11) is 1.56. The van der Waals surface area contributed by atoms with Crippen molar-refractivity contribution in [2.24, 2.45) is 0 Å². The minimum Gasteiger partial charge on any atom is -0.357 e. The first kappa shape index (κ1) is 27.7. The molecule has 0 aliphatic carbocycles. The van der Waals surface area contributed by atoms with Gasteiger partial charge in [-0.2, -0.15) is 0 Å². The molecule has 0 aliphatic rings. The predicted octanol–water partition coefficient (Wildman–Crippen LogP) is 6.92. The Morgan fingerprint density at radius 2 is 1.60 bits per heavy atom. The molecule has 3 rings (SSSR count). The molecule has 3 aromatic carbocycles. The molecular formula is C26H24Cl4N2O2S. The van der Waals surface area contributed by atoms with E-state index in [1.54, 1.807) is 48.3 Å². The van der Waals surface area contributed by atoms with E-state index in [-0.39, 0.29) is 24.1 Å².